The Morgan fingerprint density at radius 3 is 2.12 bits per heavy atom. The third-order valence-corrected chi connectivity index (χ3v) is 1.85. The lowest BCUT2D eigenvalue weighted by atomic mass is 10.2. The largest absolute Gasteiger partial charge is 0.481 e. The molecule has 1 N–H and O–H groups in total. The number of rotatable bonds is 4. The first-order valence-corrected chi connectivity index (χ1v) is 5.00. The molecule has 1 amide bonds. The molecule has 0 heterocycles. The average molecular weight is 253 g/mol. The van der Waals surface area contributed by atoms with Crippen LogP contribution in [-0.4, -0.2) is 47.2 Å². The highest BCUT2D eigenvalue weighted by atomic mass is 19.3. The Balaban J connectivity index is 4.66. The van der Waals surface area contributed by atoms with Crippen LogP contribution in [0.5, 0.6) is 0 Å². The molecule has 17 heavy (non-hydrogen) atoms. The molecule has 1 unspecified atom stereocenters. The molecule has 0 fully saturated rings. The zero-order chi connectivity index (χ0) is 13.8. The van der Waals surface area contributed by atoms with Crippen molar-refractivity contribution in [2.45, 2.75) is 45.3 Å². The molecule has 0 saturated carbocycles. The smallest absolute Gasteiger partial charge is 0.410 e. The van der Waals surface area contributed by atoms with Gasteiger partial charge in [-0.25, -0.2) is 13.6 Å². The van der Waals surface area contributed by atoms with Crippen LogP contribution < -0.4 is 0 Å². The average Bonchev–Trinajstić information content (AvgIpc) is 2.09. The van der Waals surface area contributed by atoms with Gasteiger partial charge in [0, 0.05) is 7.05 Å². The van der Waals surface area contributed by atoms with Crippen molar-refractivity contribution in [2.75, 3.05) is 7.05 Å². The van der Waals surface area contributed by atoms with Crippen LogP contribution in [0.1, 0.15) is 27.2 Å². The van der Waals surface area contributed by atoms with Crippen molar-refractivity contribution in [3.05, 3.63) is 0 Å². The number of carboxylic acid groups (broad SMARTS) is 1. The van der Waals surface area contributed by atoms with E-state index < -0.39 is 36.6 Å². The van der Waals surface area contributed by atoms with Crippen LogP contribution in [0.2, 0.25) is 0 Å². The quantitative estimate of drug-likeness (QED) is 0.831. The minimum atomic E-state index is -2.94. The topological polar surface area (TPSA) is 66.8 Å². The summed E-state index contributed by atoms with van der Waals surface area (Å²) in [7, 11) is 1.09. The number of aliphatic carboxylic acids is 1. The summed E-state index contributed by atoms with van der Waals surface area (Å²) in [6.45, 7) is 4.77. The van der Waals surface area contributed by atoms with E-state index in [1.165, 1.54) is 0 Å². The first-order chi connectivity index (χ1) is 7.54. The molecule has 0 aromatic heterocycles. The molecule has 0 rings (SSSR count). The van der Waals surface area contributed by atoms with Gasteiger partial charge in [0.25, 0.3) is 6.43 Å². The molecule has 0 aromatic carbocycles. The maximum Gasteiger partial charge on any atom is 0.410 e. The lowest BCUT2D eigenvalue weighted by Gasteiger charge is -2.29. The molecular formula is C10H17F2NO4. The van der Waals surface area contributed by atoms with Crippen LogP contribution in [0.25, 0.3) is 0 Å². The molecule has 7 heteroatoms. The number of carbonyl (C=O) groups excluding carboxylic acids is 1. The van der Waals surface area contributed by atoms with Gasteiger partial charge in [0.2, 0.25) is 0 Å². The van der Waals surface area contributed by atoms with Gasteiger partial charge in [0.05, 0.1) is 6.42 Å². The highest BCUT2D eigenvalue weighted by Crippen LogP contribution is 2.16. The van der Waals surface area contributed by atoms with E-state index in [9.17, 15) is 18.4 Å². The summed E-state index contributed by atoms with van der Waals surface area (Å²) in [5.74, 6) is -1.40. The zero-order valence-electron chi connectivity index (χ0n) is 10.2. The van der Waals surface area contributed by atoms with E-state index in [2.05, 4.69) is 0 Å². The number of carboxylic acids is 1. The summed E-state index contributed by atoms with van der Waals surface area (Å²) in [5, 5.41) is 8.48. The summed E-state index contributed by atoms with van der Waals surface area (Å²) in [4.78, 5) is 22.5. The van der Waals surface area contributed by atoms with Crippen molar-refractivity contribution < 1.29 is 28.2 Å². The van der Waals surface area contributed by atoms with Gasteiger partial charge in [-0.15, -0.1) is 0 Å². The Bertz CT molecular complexity index is 289. The van der Waals surface area contributed by atoms with E-state index in [1.807, 2.05) is 0 Å². The zero-order valence-corrected chi connectivity index (χ0v) is 10.2. The van der Waals surface area contributed by atoms with Crippen molar-refractivity contribution in [3.63, 3.8) is 0 Å². The van der Waals surface area contributed by atoms with E-state index >= 15 is 0 Å². The van der Waals surface area contributed by atoms with Gasteiger partial charge in [0.1, 0.15) is 11.6 Å². The number of carbonyl (C=O) groups is 2. The number of halogens is 2. The normalized spacial score (nSPS) is 13.4. The highest BCUT2D eigenvalue weighted by molar-refractivity contribution is 5.71. The van der Waals surface area contributed by atoms with Crippen molar-refractivity contribution in [2.24, 2.45) is 0 Å². The molecule has 100 valence electrons. The van der Waals surface area contributed by atoms with Gasteiger partial charge in [-0.2, -0.15) is 0 Å². The fourth-order valence-electron chi connectivity index (χ4n) is 1.04. The molecule has 0 radical (unpaired) electrons. The number of alkyl halides is 2. The van der Waals surface area contributed by atoms with Gasteiger partial charge >= 0.3 is 12.1 Å². The van der Waals surface area contributed by atoms with Gasteiger partial charge < -0.3 is 14.7 Å². The highest BCUT2D eigenvalue weighted by Gasteiger charge is 2.32. The number of ether oxygens (including phenoxy) is 1. The second kappa shape index (κ2) is 5.79. The predicted octanol–water partition coefficient (Wildman–Crippen LogP) is 1.96. The molecule has 0 aliphatic heterocycles. The Morgan fingerprint density at radius 1 is 1.35 bits per heavy atom. The molecule has 0 aromatic rings. The second-order valence-corrected chi connectivity index (χ2v) is 4.59. The van der Waals surface area contributed by atoms with Crippen LogP contribution in [-0.2, 0) is 9.53 Å². The fourth-order valence-corrected chi connectivity index (χ4v) is 1.04. The number of nitrogens with zero attached hydrogens (tertiary/aromatic N) is 1. The number of hydrogen-bond donors (Lipinski definition) is 1. The molecule has 1 atom stereocenters. The van der Waals surface area contributed by atoms with Crippen molar-refractivity contribution in [1.29, 1.82) is 0 Å². The number of hydrogen-bond acceptors (Lipinski definition) is 3. The third kappa shape index (κ3) is 6.03. The summed E-state index contributed by atoms with van der Waals surface area (Å²) in [5.41, 5.74) is -0.818. The first kappa shape index (κ1) is 15.6. The van der Waals surface area contributed by atoms with Crippen molar-refractivity contribution in [3.8, 4) is 0 Å². The standard InChI is InChI=1S/C10H17F2NO4/c1-10(2,3)17-9(16)13(4)6(8(11)12)5-7(14)15/h6,8H,5H2,1-4H3,(H,14,15). The SMILES string of the molecule is CN(C(=O)OC(C)(C)C)C(CC(=O)O)C(F)F. The minimum absolute atomic E-state index is 0.615. The summed E-state index contributed by atoms with van der Waals surface area (Å²) < 4.78 is 30.1. The summed E-state index contributed by atoms with van der Waals surface area (Å²) in [6, 6.07) is -1.69. The molecule has 0 spiro atoms. The Morgan fingerprint density at radius 2 is 1.82 bits per heavy atom. The third-order valence-electron chi connectivity index (χ3n) is 1.85. The van der Waals surface area contributed by atoms with E-state index in [-0.39, 0.29) is 0 Å². The van der Waals surface area contributed by atoms with Crippen molar-refractivity contribution in [1.82, 2.24) is 4.90 Å². The van der Waals surface area contributed by atoms with Crippen LogP contribution in [0.3, 0.4) is 0 Å². The molecule has 0 saturated heterocycles. The Kier molecular flexibility index (Phi) is 5.31. The maximum atomic E-state index is 12.6. The van der Waals surface area contributed by atoms with E-state index in [1.54, 1.807) is 20.8 Å². The second-order valence-electron chi connectivity index (χ2n) is 4.59. The summed E-state index contributed by atoms with van der Waals surface area (Å²) in [6.07, 6.45) is -4.74. The van der Waals surface area contributed by atoms with Gasteiger partial charge in [-0.1, -0.05) is 0 Å². The van der Waals surface area contributed by atoms with Crippen LogP contribution in [0.4, 0.5) is 13.6 Å². The monoisotopic (exact) mass is 253 g/mol. The van der Waals surface area contributed by atoms with Crippen LogP contribution in [0.15, 0.2) is 0 Å². The van der Waals surface area contributed by atoms with E-state index in [4.69, 9.17) is 9.84 Å². The Hall–Kier alpha value is -1.40. The Labute approximate surface area is 98.3 Å². The minimum Gasteiger partial charge on any atom is -0.481 e. The van der Waals surface area contributed by atoms with Gasteiger partial charge in [-0.05, 0) is 20.8 Å². The molecule has 0 aliphatic rings. The van der Waals surface area contributed by atoms with Gasteiger partial charge in [-0.3, -0.25) is 4.79 Å². The molecule has 0 aliphatic carbocycles. The van der Waals surface area contributed by atoms with Gasteiger partial charge in [0.15, 0.2) is 0 Å². The fraction of sp³-hybridized carbons (Fsp3) is 0.800. The van der Waals surface area contributed by atoms with Crippen molar-refractivity contribution >= 4 is 12.1 Å². The van der Waals surface area contributed by atoms with E-state index in [0.29, 0.717) is 4.90 Å². The van der Waals surface area contributed by atoms with E-state index in [0.717, 1.165) is 7.05 Å². The maximum absolute atomic E-state index is 12.6. The molecule has 5 nitrogen and oxygen atoms in total. The van der Waals surface area contributed by atoms with Crippen LogP contribution >= 0.6 is 0 Å². The lowest BCUT2D eigenvalue weighted by Crippen LogP contribution is -2.45. The predicted molar refractivity (Wildman–Crippen MR) is 56.0 cm³/mol. The first-order valence-electron chi connectivity index (χ1n) is 5.00. The number of amides is 1. The molecular weight excluding hydrogens is 236 g/mol. The van der Waals surface area contributed by atoms with Crippen LogP contribution in [0, 0.1) is 0 Å². The summed E-state index contributed by atoms with van der Waals surface area (Å²) >= 11 is 0. The lowest BCUT2D eigenvalue weighted by molar-refractivity contribution is -0.139. The molecule has 0 bridgehead atoms.